The van der Waals surface area contributed by atoms with Crippen LogP contribution in [0.25, 0.3) is 0 Å². The minimum atomic E-state index is -0.382. The van der Waals surface area contributed by atoms with Gasteiger partial charge in [0, 0.05) is 18.7 Å². The van der Waals surface area contributed by atoms with Gasteiger partial charge in [0.2, 0.25) is 0 Å². The van der Waals surface area contributed by atoms with Crippen molar-refractivity contribution in [1.82, 2.24) is 4.98 Å². The van der Waals surface area contributed by atoms with E-state index in [-0.39, 0.29) is 11.6 Å². The average molecular weight is 304 g/mol. The van der Waals surface area contributed by atoms with Gasteiger partial charge in [-0.05, 0) is 70.9 Å². The van der Waals surface area contributed by atoms with Crippen molar-refractivity contribution in [3.8, 4) is 0 Å². The van der Waals surface area contributed by atoms with Gasteiger partial charge in [-0.1, -0.05) is 6.07 Å². The highest BCUT2D eigenvalue weighted by Crippen LogP contribution is 2.29. The second-order valence-electron chi connectivity index (χ2n) is 7.37. The number of hydrogen-bond donors (Lipinski definition) is 1. The fourth-order valence-electron chi connectivity index (χ4n) is 2.89. The predicted molar refractivity (Wildman–Crippen MR) is 88.8 cm³/mol. The normalized spacial score (nSPS) is 22.2. The zero-order chi connectivity index (χ0) is 16.2. The summed E-state index contributed by atoms with van der Waals surface area (Å²) >= 11 is 0. The second-order valence-corrected chi connectivity index (χ2v) is 7.37. The molecule has 4 nitrogen and oxygen atoms in total. The minimum Gasteiger partial charge on any atom is -0.460 e. The van der Waals surface area contributed by atoms with Crippen molar-refractivity contribution >= 4 is 11.8 Å². The molecular weight excluding hydrogens is 276 g/mol. The van der Waals surface area contributed by atoms with E-state index in [1.807, 2.05) is 40.0 Å². The highest BCUT2D eigenvalue weighted by molar-refractivity contribution is 5.70. The number of carbonyl (C=O) groups is 1. The summed E-state index contributed by atoms with van der Waals surface area (Å²) in [5, 5.41) is 3.49. The Labute approximate surface area is 133 Å². The van der Waals surface area contributed by atoms with Crippen LogP contribution in [-0.4, -0.2) is 22.6 Å². The summed E-state index contributed by atoms with van der Waals surface area (Å²) in [6.45, 7) is 7.79. The monoisotopic (exact) mass is 304 g/mol. The minimum absolute atomic E-state index is 0.0656. The highest BCUT2D eigenvalue weighted by Gasteiger charge is 2.25. The van der Waals surface area contributed by atoms with E-state index in [4.69, 9.17) is 4.74 Å². The van der Waals surface area contributed by atoms with Crippen molar-refractivity contribution in [2.45, 2.75) is 71.4 Å². The van der Waals surface area contributed by atoms with E-state index in [9.17, 15) is 4.79 Å². The van der Waals surface area contributed by atoms with Crippen LogP contribution in [0.1, 0.15) is 58.4 Å². The zero-order valence-corrected chi connectivity index (χ0v) is 14.2. The largest absolute Gasteiger partial charge is 0.460 e. The number of ether oxygens (including phenoxy) is 1. The molecule has 0 amide bonds. The lowest BCUT2D eigenvalue weighted by Gasteiger charge is -2.29. The van der Waals surface area contributed by atoms with Crippen LogP contribution in [0.3, 0.4) is 0 Å². The standard InChI is InChI=1S/C18H28N2O2/c1-13-5-10-16(19-12-13)20-15-8-6-14(7-9-15)11-17(21)22-18(2,3)4/h5,10,12,14-15H,6-9,11H2,1-4H3,(H,19,20). The molecule has 1 saturated carbocycles. The Bertz CT molecular complexity index is 483. The Balaban J connectivity index is 1.73. The lowest BCUT2D eigenvalue weighted by Crippen LogP contribution is -2.29. The van der Waals surface area contributed by atoms with Gasteiger partial charge < -0.3 is 10.1 Å². The SMILES string of the molecule is Cc1ccc(NC2CCC(CC(=O)OC(C)(C)C)CC2)nc1. The maximum atomic E-state index is 11.9. The third-order valence-electron chi connectivity index (χ3n) is 3.99. The molecule has 22 heavy (non-hydrogen) atoms. The van der Waals surface area contributed by atoms with Crippen LogP contribution in [0.2, 0.25) is 0 Å². The van der Waals surface area contributed by atoms with Gasteiger partial charge >= 0.3 is 5.97 Å². The maximum absolute atomic E-state index is 11.9. The fraction of sp³-hybridized carbons (Fsp3) is 0.667. The molecule has 0 aliphatic heterocycles. The molecule has 0 unspecified atom stereocenters. The summed E-state index contributed by atoms with van der Waals surface area (Å²) in [5.74, 6) is 1.34. The summed E-state index contributed by atoms with van der Waals surface area (Å²) < 4.78 is 5.41. The summed E-state index contributed by atoms with van der Waals surface area (Å²) in [7, 11) is 0. The molecule has 1 N–H and O–H groups in total. The van der Waals surface area contributed by atoms with Gasteiger partial charge in [0.05, 0.1) is 0 Å². The van der Waals surface area contributed by atoms with Crippen LogP contribution in [-0.2, 0) is 9.53 Å². The molecule has 1 fully saturated rings. The molecule has 122 valence electrons. The maximum Gasteiger partial charge on any atom is 0.306 e. The Kier molecular flexibility index (Phi) is 5.43. The highest BCUT2D eigenvalue weighted by atomic mass is 16.6. The van der Waals surface area contributed by atoms with Gasteiger partial charge in [0.15, 0.2) is 0 Å². The van der Waals surface area contributed by atoms with Crippen LogP contribution in [0.5, 0.6) is 0 Å². The molecule has 0 atom stereocenters. The van der Waals surface area contributed by atoms with Crippen LogP contribution >= 0.6 is 0 Å². The van der Waals surface area contributed by atoms with E-state index in [1.165, 1.54) is 5.56 Å². The van der Waals surface area contributed by atoms with Crippen LogP contribution < -0.4 is 5.32 Å². The van der Waals surface area contributed by atoms with Crippen molar-refractivity contribution in [3.63, 3.8) is 0 Å². The number of hydrogen-bond acceptors (Lipinski definition) is 4. The lowest BCUT2D eigenvalue weighted by atomic mass is 9.84. The van der Waals surface area contributed by atoms with Crippen LogP contribution in [0, 0.1) is 12.8 Å². The number of esters is 1. The smallest absolute Gasteiger partial charge is 0.306 e. The lowest BCUT2D eigenvalue weighted by molar-refractivity contribution is -0.156. The van der Waals surface area contributed by atoms with Crippen molar-refractivity contribution in [2.24, 2.45) is 5.92 Å². The van der Waals surface area contributed by atoms with Gasteiger partial charge in [-0.15, -0.1) is 0 Å². The molecule has 0 spiro atoms. The molecule has 1 aliphatic carbocycles. The summed E-state index contributed by atoms with van der Waals surface area (Å²) in [4.78, 5) is 16.3. The van der Waals surface area contributed by atoms with Gasteiger partial charge in [0.25, 0.3) is 0 Å². The molecule has 0 aromatic carbocycles. The molecule has 1 aliphatic rings. The van der Waals surface area contributed by atoms with Crippen molar-refractivity contribution in [1.29, 1.82) is 0 Å². The third-order valence-corrected chi connectivity index (χ3v) is 3.99. The van der Waals surface area contributed by atoms with E-state index >= 15 is 0 Å². The number of pyridine rings is 1. The van der Waals surface area contributed by atoms with Crippen LogP contribution in [0.15, 0.2) is 18.3 Å². The number of nitrogens with one attached hydrogen (secondary N) is 1. The van der Waals surface area contributed by atoms with E-state index in [0.717, 1.165) is 31.5 Å². The zero-order valence-electron chi connectivity index (χ0n) is 14.2. The summed E-state index contributed by atoms with van der Waals surface area (Å²) in [6, 6.07) is 4.57. The molecule has 0 bridgehead atoms. The summed E-state index contributed by atoms with van der Waals surface area (Å²) in [5.41, 5.74) is 0.791. The van der Waals surface area contributed by atoms with Gasteiger partial charge in [0.1, 0.15) is 11.4 Å². The van der Waals surface area contributed by atoms with Crippen LogP contribution in [0.4, 0.5) is 5.82 Å². The summed E-state index contributed by atoms with van der Waals surface area (Å²) in [6.07, 6.45) is 6.75. The first-order chi connectivity index (χ1) is 10.3. The van der Waals surface area contributed by atoms with Gasteiger partial charge in [-0.3, -0.25) is 4.79 Å². The first kappa shape index (κ1) is 16.8. The Morgan fingerprint density at radius 2 is 1.95 bits per heavy atom. The second kappa shape index (κ2) is 7.12. The van der Waals surface area contributed by atoms with E-state index in [2.05, 4.69) is 16.4 Å². The molecular formula is C18H28N2O2. The first-order valence-electron chi connectivity index (χ1n) is 8.23. The molecule has 0 saturated heterocycles. The Hall–Kier alpha value is -1.58. The topological polar surface area (TPSA) is 51.2 Å². The Morgan fingerprint density at radius 3 is 2.50 bits per heavy atom. The number of anilines is 1. The molecule has 4 heteroatoms. The number of carbonyl (C=O) groups excluding carboxylic acids is 1. The molecule has 2 rings (SSSR count). The average Bonchev–Trinajstić information content (AvgIpc) is 2.41. The number of nitrogens with zero attached hydrogens (tertiary/aromatic N) is 1. The number of aryl methyl sites for hydroxylation is 1. The van der Waals surface area contributed by atoms with Gasteiger partial charge in [-0.2, -0.15) is 0 Å². The van der Waals surface area contributed by atoms with Gasteiger partial charge in [-0.25, -0.2) is 4.98 Å². The molecule has 0 radical (unpaired) electrons. The molecule has 1 aromatic rings. The predicted octanol–water partition coefficient (Wildman–Crippen LogP) is 4.09. The number of aromatic nitrogens is 1. The first-order valence-corrected chi connectivity index (χ1v) is 8.23. The van der Waals surface area contributed by atoms with E-state index in [0.29, 0.717) is 18.4 Å². The van der Waals surface area contributed by atoms with Crippen molar-refractivity contribution < 1.29 is 9.53 Å². The van der Waals surface area contributed by atoms with Crippen molar-refractivity contribution in [2.75, 3.05) is 5.32 Å². The Morgan fingerprint density at radius 1 is 1.27 bits per heavy atom. The third kappa shape index (κ3) is 5.66. The van der Waals surface area contributed by atoms with Crippen molar-refractivity contribution in [3.05, 3.63) is 23.9 Å². The number of rotatable bonds is 4. The molecule has 1 aromatic heterocycles. The quantitative estimate of drug-likeness (QED) is 0.851. The van der Waals surface area contributed by atoms with E-state index < -0.39 is 0 Å². The fourth-order valence-corrected chi connectivity index (χ4v) is 2.89. The molecule has 1 heterocycles. The van der Waals surface area contributed by atoms with E-state index in [1.54, 1.807) is 0 Å².